The number of amidine groups is 1. The van der Waals surface area contributed by atoms with E-state index in [0.717, 1.165) is 0 Å². The lowest BCUT2D eigenvalue weighted by Crippen LogP contribution is -2.51. The first-order valence-electron chi connectivity index (χ1n) is 7.76. The molecular weight excluding hydrogens is 368 g/mol. The predicted octanol–water partition coefficient (Wildman–Crippen LogP) is -0.941. The van der Waals surface area contributed by atoms with Crippen LogP contribution in [0.3, 0.4) is 0 Å². The standard InChI is InChI=1S/C13H18N6O6S/c1-17-5-8(15-7-17)4-11(20)16-12(14)10-3-2-9-6-18(10)13(21)19(9)25-26(22,23)24/h5,7,9-10H,2-4,6H2,1H3,(H2,14,16,20)(H,22,23,24)/t9-,10+/m1/s1. The summed E-state index contributed by atoms with van der Waals surface area (Å²) >= 11 is 0. The molecule has 142 valence electrons. The zero-order valence-electron chi connectivity index (χ0n) is 13.8. The van der Waals surface area contributed by atoms with Gasteiger partial charge in [-0.3, -0.25) is 14.8 Å². The highest BCUT2D eigenvalue weighted by Crippen LogP contribution is 2.30. The molecular formula is C13H18N6O6S. The second kappa shape index (κ2) is 6.66. The smallest absolute Gasteiger partial charge is 0.340 e. The summed E-state index contributed by atoms with van der Waals surface area (Å²) in [4.78, 5) is 29.6. The lowest BCUT2D eigenvalue weighted by atomic mass is 10.00. The molecule has 12 nitrogen and oxygen atoms in total. The number of hydrogen-bond acceptors (Lipinski definition) is 7. The number of imidazole rings is 1. The molecule has 2 saturated heterocycles. The van der Waals surface area contributed by atoms with Gasteiger partial charge in [-0.1, -0.05) is 0 Å². The minimum atomic E-state index is -4.82. The molecule has 1 aromatic rings. The van der Waals surface area contributed by atoms with E-state index in [-0.39, 0.29) is 18.8 Å². The third-order valence-corrected chi connectivity index (χ3v) is 4.55. The van der Waals surface area contributed by atoms with Gasteiger partial charge in [0, 0.05) is 19.8 Å². The Morgan fingerprint density at radius 2 is 2.23 bits per heavy atom. The van der Waals surface area contributed by atoms with Crippen LogP contribution < -0.4 is 5.32 Å². The molecule has 26 heavy (non-hydrogen) atoms. The van der Waals surface area contributed by atoms with Gasteiger partial charge in [0.1, 0.15) is 5.84 Å². The highest BCUT2D eigenvalue weighted by Gasteiger charge is 2.48. The van der Waals surface area contributed by atoms with Gasteiger partial charge in [0.05, 0.1) is 30.5 Å². The summed E-state index contributed by atoms with van der Waals surface area (Å²) in [5, 5.41) is 11.1. The number of carbonyl (C=O) groups is 2. The minimum Gasteiger partial charge on any atom is -0.340 e. The third-order valence-electron chi connectivity index (χ3n) is 4.20. The number of urea groups is 1. The topological polar surface area (TPSA) is 158 Å². The van der Waals surface area contributed by atoms with Crippen LogP contribution in [0.5, 0.6) is 0 Å². The number of rotatable bonds is 5. The average molecular weight is 386 g/mol. The normalized spacial score (nSPS) is 22.6. The fourth-order valence-electron chi connectivity index (χ4n) is 3.13. The van der Waals surface area contributed by atoms with Gasteiger partial charge in [-0.25, -0.2) is 9.78 Å². The number of hydroxylamine groups is 2. The number of aromatic nitrogens is 2. The summed E-state index contributed by atoms with van der Waals surface area (Å²) in [7, 11) is -3.05. The number of aryl methyl sites for hydroxylation is 1. The molecule has 0 unspecified atom stereocenters. The van der Waals surface area contributed by atoms with Crippen LogP contribution in [0.15, 0.2) is 12.5 Å². The third kappa shape index (κ3) is 3.84. The van der Waals surface area contributed by atoms with Gasteiger partial charge in [-0.05, 0) is 12.8 Å². The van der Waals surface area contributed by atoms with E-state index in [1.165, 1.54) is 4.90 Å². The number of nitrogens with zero attached hydrogens (tertiary/aromatic N) is 4. The quantitative estimate of drug-likeness (QED) is 0.335. The number of fused-ring (bicyclic) bond motifs is 2. The van der Waals surface area contributed by atoms with Crippen molar-refractivity contribution in [2.24, 2.45) is 7.05 Å². The number of amides is 3. The summed E-state index contributed by atoms with van der Waals surface area (Å²) in [5.41, 5.74) is 0.548. The van der Waals surface area contributed by atoms with E-state index in [9.17, 15) is 18.0 Å². The Labute approximate surface area is 149 Å². The molecule has 2 atom stereocenters. The van der Waals surface area contributed by atoms with Crippen LogP contribution in [0.25, 0.3) is 0 Å². The highest BCUT2D eigenvalue weighted by molar-refractivity contribution is 7.80. The Balaban J connectivity index is 1.62. The Kier molecular flexibility index (Phi) is 4.68. The fraction of sp³-hybridized carbons (Fsp3) is 0.538. The van der Waals surface area contributed by atoms with E-state index in [0.29, 0.717) is 23.6 Å². The lowest BCUT2D eigenvalue weighted by Gasteiger charge is -2.30. The number of piperidine rings is 1. The first-order chi connectivity index (χ1) is 12.1. The maximum absolute atomic E-state index is 12.3. The van der Waals surface area contributed by atoms with Crippen molar-refractivity contribution < 1.29 is 26.8 Å². The molecule has 3 amide bonds. The van der Waals surface area contributed by atoms with E-state index < -0.39 is 34.4 Å². The molecule has 3 heterocycles. The molecule has 1 aromatic heterocycles. The van der Waals surface area contributed by atoms with Crippen molar-refractivity contribution in [3.8, 4) is 0 Å². The maximum Gasteiger partial charge on any atom is 0.418 e. The molecule has 3 N–H and O–H groups in total. The zero-order chi connectivity index (χ0) is 19.1. The van der Waals surface area contributed by atoms with Crippen molar-refractivity contribution in [1.82, 2.24) is 24.8 Å². The first kappa shape index (κ1) is 18.3. The molecule has 0 radical (unpaired) electrons. The van der Waals surface area contributed by atoms with E-state index in [1.807, 2.05) is 0 Å². The fourth-order valence-corrected chi connectivity index (χ4v) is 3.52. The second-order valence-electron chi connectivity index (χ2n) is 6.18. The summed E-state index contributed by atoms with van der Waals surface area (Å²) in [6.07, 6.45) is 3.95. The lowest BCUT2D eigenvalue weighted by molar-refractivity contribution is -0.119. The van der Waals surface area contributed by atoms with Crippen LogP contribution in [0, 0.1) is 5.41 Å². The van der Waals surface area contributed by atoms with Crippen LogP contribution >= 0.6 is 0 Å². The number of carbonyl (C=O) groups excluding carboxylic acids is 2. The molecule has 0 aliphatic carbocycles. The Bertz CT molecular complexity index is 851. The average Bonchev–Trinajstić information content (AvgIpc) is 3.03. The van der Waals surface area contributed by atoms with Gasteiger partial charge in [-0.2, -0.15) is 13.5 Å². The number of nitrogens with one attached hydrogen (secondary N) is 2. The molecule has 2 aliphatic rings. The zero-order valence-corrected chi connectivity index (χ0v) is 14.6. The van der Waals surface area contributed by atoms with Crippen molar-refractivity contribution in [1.29, 1.82) is 5.41 Å². The van der Waals surface area contributed by atoms with Crippen LogP contribution in [-0.4, -0.2) is 68.9 Å². The molecule has 3 rings (SSSR count). The summed E-state index contributed by atoms with van der Waals surface area (Å²) in [6, 6.07) is -2.03. The van der Waals surface area contributed by atoms with Crippen LogP contribution in [0.4, 0.5) is 4.79 Å². The van der Waals surface area contributed by atoms with Gasteiger partial charge < -0.3 is 14.8 Å². The summed E-state index contributed by atoms with van der Waals surface area (Å²) in [5.74, 6) is -0.597. The van der Waals surface area contributed by atoms with E-state index in [2.05, 4.69) is 14.6 Å². The molecule has 2 aliphatic heterocycles. The van der Waals surface area contributed by atoms with Crippen LogP contribution in [0.1, 0.15) is 18.5 Å². The van der Waals surface area contributed by atoms with Crippen molar-refractivity contribution >= 4 is 28.2 Å². The highest BCUT2D eigenvalue weighted by atomic mass is 32.3. The van der Waals surface area contributed by atoms with Crippen molar-refractivity contribution in [3.63, 3.8) is 0 Å². The Hall–Kier alpha value is -2.51. The van der Waals surface area contributed by atoms with Gasteiger partial charge in [0.15, 0.2) is 0 Å². The Morgan fingerprint density at radius 3 is 2.85 bits per heavy atom. The predicted molar refractivity (Wildman–Crippen MR) is 86.2 cm³/mol. The molecule has 0 aromatic carbocycles. The van der Waals surface area contributed by atoms with E-state index in [1.54, 1.807) is 24.1 Å². The van der Waals surface area contributed by atoms with Crippen molar-refractivity contribution in [2.75, 3.05) is 6.54 Å². The first-order valence-corrected chi connectivity index (χ1v) is 9.12. The van der Waals surface area contributed by atoms with Gasteiger partial charge in [0.2, 0.25) is 5.91 Å². The molecule has 13 heteroatoms. The van der Waals surface area contributed by atoms with Crippen LogP contribution in [-0.2, 0) is 32.9 Å². The van der Waals surface area contributed by atoms with E-state index in [4.69, 9.17) is 9.96 Å². The van der Waals surface area contributed by atoms with Crippen molar-refractivity contribution in [2.45, 2.75) is 31.3 Å². The van der Waals surface area contributed by atoms with E-state index >= 15 is 0 Å². The monoisotopic (exact) mass is 386 g/mol. The van der Waals surface area contributed by atoms with Crippen LogP contribution in [0.2, 0.25) is 0 Å². The largest absolute Gasteiger partial charge is 0.418 e. The maximum atomic E-state index is 12.3. The molecule has 0 spiro atoms. The molecule has 2 fully saturated rings. The second-order valence-corrected chi connectivity index (χ2v) is 7.18. The van der Waals surface area contributed by atoms with Gasteiger partial charge in [-0.15, -0.1) is 4.28 Å². The molecule has 0 saturated carbocycles. The Morgan fingerprint density at radius 1 is 1.50 bits per heavy atom. The number of hydrogen-bond donors (Lipinski definition) is 3. The molecule has 2 bridgehead atoms. The summed E-state index contributed by atoms with van der Waals surface area (Å²) in [6.45, 7) is 0.136. The van der Waals surface area contributed by atoms with Gasteiger partial charge >= 0.3 is 16.4 Å². The SMILES string of the molecule is Cn1cnc(CC(=O)NC(=N)[C@@H]2CC[C@@H]3CN2C(=O)N3OS(=O)(=O)O)c1. The van der Waals surface area contributed by atoms with Gasteiger partial charge in [0.25, 0.3) is 0 Å². The van der Waals surface area contributed by atoms with Crippen molar-refractivity contribution in [3.05, 3.63) is 18.2 Å². The summed E-state index contributed by atoms with van der Waals surface area (Å²) < 4.78 is 36.5. The minimum absolute atomic E-state index is 0.00942.